The number of rotatable bonds is 6. The Hall–Kier alpha value is -9.07. The Kier molecular flexibility index (Phi) is 9.69. The minimum absolute atomic E-state index is 0.108. The maximum Gasteiger partial charge on any atom is 0.417 e. The number of hydrogen-bond acceptors (Lipinski definition) is 8. The van der Waals surface area contributed by atoms with Crippen molar-refractivity contribution in [1.82, 2.24) is 39.0 Å². The summed E-state index contributed by atoms with van der Waals surface area (Å²) < 4.78 is 49.1. The van der Waals surface area contributed by atoms with E-state index in [9.17, 15) is 23.7 Å². The summed E-state index contributed by atoms with van der Waals surface area (Å²) >= 11 is 0. The van der Waals surface area contributed by atoms with Crippen molar-refractivity contribution in [1.29, 1.82) is 10.5 Å². The molecule has 11 rings (SSSR count). The quantitative estimate of drug-likeness (QED) is 0.161. The molecule has 0 saturated carbocycles. The predicted molar refractivity (Wildman–Crippen MR) is 257 cm³/mol. The van der Waals surface area contributed by atoms with Crippen LogP contribution in [-0.4, -0.2) is 39.0 Å². The summed E-state index contributed by atoms with van der Waals surface area (Å²) in [5, 5.41) is 24.4. The van der Waals surface area contributed by atoms with E-state index in [1.165, 1.54) is 12.1 Å². The van der Waals surface area contributed by atoms with Crippen molar-refractivity contribution in [3.8, 4) is 68.5 Å². The van der Waals surface area contributed by atoms with Crippen molar-refractivity contribution < 1.29 is 13.2 Å². The van der Waals surface area contributed by atoms with E-state index < -0.39 is 11.7 Å². The average molecular weight is 893 g/mol. The van der Waals surface area contributed by atoms with Gasteiger partial charge >= 0.3 is 6.18 Å². The van der Waals surface area contributed by atoms with Crippen LogP contribution >= 0.6 is 0 Å². The summed E-state index contributed by atoms with van der Waals surface area (Å²) in [6.45, 7) is 7.31. The monoisotopic (exact) mass is 892 g/mol. The summed E-state index contributed by atoms with van der Waals surface area (Å²) in [6.07, 6.45) is -4.78. The number of alkyl halides is 3. The largest absolute Gasteiger partial charge is 0.417 e. The summed E-state index contributed by atoms with van der Waals surface area (Å²) in [7, 11) is 0. The molecule has 0 radical (unpaired) electrons. The molecule has 10 nitrogen and oxygen atoms in total. The van der Waals surface area contributed by atoms with Crippen LogP contribution < -0.4 is 0 Å². The highest BCUT2D eigenvalue weighted by Gasteiger charge is 2.35. The number of para-hydroxylation sites is 2. The van der Waals surface area contributed by atoms with E-state index in [-0.39, 0.29) is 16.7 Å². The van der Waals surface area contributed by atoms with Gasteiger partial charge in [0.1, 0.15) is 23.3 Å². The molecule has 0 aliphatic heterocycles. The van der Waals surface area contributed by atoms with Gasteiger partial charge in [0.15, 0.2) is 11.6 Å². The van der Waals surface area contributed by atoms with Gasteiger partial charge in [-0.25, -0.2) is 29.9 Å². The van der Waals surface area contributed by atoms with Crippen LogP contribution in [0, 0.1) is 50.4 Å². The van der Waals surface area contributed by atoms with E-state index in [2.05, 4.69) is 51.2 Å². The van der Waals surface area contributed by atoms with E-state index in [0.29, 0.717) is 63.0 Å². The van der Waals surface area contributed by atoms with Gasteiger partial charge < -0.3 is 9.13 Å². The van der Waals surface area contributed by atoms with Gasteiger partial charge in [0.25, 0.3) is 0 Å². The van der Waals surface area contributed by atoms with Crippen molar-refractivity contribution >= 4 is 43.6 Å². The summed E-state index contributed by atoms with van der Waals surface area (Å²) in [6, 6.07) is 46.5. The maximum absolute atomic E-state index is 15.0. The molecule has 4 aromatic heterocycles. The number of halogens is 3. The fourth-order valence-corrected chi connectivity index (χ4v) is 9.53. The normalized spacial score (nSPS) is 11.7. The van der Waals surface area contributed by atoms with Crippen LogP contribution in [0.2, 0.25) is 0 Å². The lowest BCUT2D eigenvalue weighted by atomic mass is 9.90. The molecule has 4 heterocycles. The van der Waals surface area contributed by atoms with E-state index in [0.717, 1.165) is 60.8 Å². The second-order valence-electron chi connectivity index (χ2n) is 16.6. The molecule has 11 aromatic rings. The molecule has 0 aliphatic rings. The van der Waals surface area contributed by atoms with Crippen LogP contribution in [0.3, 0.4) is 0 Å². The van der Waals surface area contributed by atoms with Crippen LogP contribution in [0.1, 0.15) is 40.0 Å². The van der Waals surface area contributed by atoms with Crippen LogP contribution in [0.15, 0.2) is 140 Å². The number of aromatic nitrogens is 8. The van der Waals surface area contributed by atoms with Crippen molar-refractivity contribution in [2.45, 2.75) is 33.9 Å². The molecular weight excluding hydrogens is 858 g/mol. The summed E-state index contributed by atoms with van der Waals surface area (Å²) in [5.74, 6) is 3.47. The molecule has 0 amide bonds. The molecule has 7 aromatic carbocycles. The zero-order valence-electron chi connectivity index (χ0n) is 36.9. The molecule has 0 fully saturated rings. The van der Waals surface area contributed by atoms with Gasteiger partial charge in [-0.3, -0.25) is 0 Å². The molecule has 0 bridgehead atoms. The molecule has 0 spiro atoms. The van der Waals surface area contributed by atoms with Gasteiger partial charge in [-0.2, -0.15) is 23.7 Å². The standard InChI is InChI=1S/C55H35F3N10/c1-30-61-31(2)64-53(63-30)36-18-22-48-42(26-36)40-11-5-7-13-46(40)67(48)50-21-17-35(39-20-16-34(28-59)24-45(39)55(56,57)58)25-44(50)52-38(29-60)10-9-15-51(52)68-47-14-8-6-12-41(47)43-27-37(19-23-49(43)68)54-65-32(3)62-33(4)66-54/h5-27H,1-4H3. The Morgan fingerprint density at radius 1 is 0.441 bits per heavy atom. The second kappa shape index (κ2) is 15.8. The molecule has 0 aliphatic carbocycles. The molecule has 326 valence electrons. The molecule has 0 unspecified atom stereocenters. The second-order valence-corrected chi connectivity index (χ2v) is 16.6. The van der Waals surface area contributed by atoms with Gasteiger partial charge in [-0.05, 0) is 124 Å². The Balaban J connectivity index is 1.23. The first-order valence-corrected chi connectivity index (χ1v) is 21.6. The van der Waals surface area contributed by atoms with Gasteiger partial charge in [0.2, 0.25) is 0 Å². The van der Waals surface area contributed by atoms with E-state index >= 15 is 0 Å². The Morgan fingerprint density at radius 3 is 1.49 bits per heavy atom. The summed E-state index contributed by atoms with van der Waals surface area (Å²) in [4.78, 5) is 27.3. The molecule has 68 heavy (non-hydrogen) atoms. The third kappa shape index (κ3) is 6.88. The number of nitrogens with zero attached hydrogens (tertiary/aromatic N) is 10. The zero-order chi connectivity index (χ0) is 47.0. The van der Waals surface area contributed by atoms with Gasteiger partial charge in [0, 0.05) is 43.8 Å². The lowest BCUT2D eigenvalue weighted by Crippen LogP contribution is -2.08. The first-order valence-electron chi connectivity index (χ1n) is 21.6. The third-order valence-corrected chi connectivity index (χ3v) is 12.3. The Bertz CT molecular complexity index is 3960. The molecule has 0 atom stereocenters. The van der Waals surface area contributed by atoms with E-state index in [1.54, 1.807) is 18.2 Å². The minimum atomic E-state index is -4.78. The van der Waals surface area contributed by atoms with Crippen molar-refractivity contribution in [3.63, 3.8) is 0 Å². The van der Waals surface area contributed by atoms with Gasteiger partial charge in [-0.1, -0.05) is 54.6 Å². The highest BCUT2D eigenvalue weighted by atomic mass is 19.4. The SMILES string of the molecule is Cc1nc(C)nc(-c2ccc3c(c2)c2ccccc2n3-c2ccc(-c3ccc(C#N)cc3C(F)(F)F)cc2-c2c(C#N)cccc2-n2c3ccccc3c3cc(-c4nc(C)nc(C)n4)ccc32)n1. The maximum atomic E-state index is 15.0. The highest BCUT2D eigenvalue weighted by Crippen LogP contribution is 2.46. The van der Waals surface area contributed by atoms with E-state index in [4.69, 9.17) is 0 Å². The van der Waals surface area contributed by atoms with Gasteiger partial charge in [0.05, 0.1) is 62.3 Å². The fourth-order valence-electron chi connectivity index (χ4n) is 9.53. The van der Waals surface area contributed by atoms with Crippen molar-refractivity contribution in [2.24, 2.45) is 0 Å². The lowest BCUT2D eigenvalue weighted by Gasteiger charge is -2.21. The van der Waals surface area contributed by atoms with Crippen LogP contribution in [-0.2, 0) is 6.18 Å². The lowest BCUT2D eigenvalue weighted by molar-refractivity contribution is -0.137. The average Bonchev–Trinajstić information content (AvgIpc) is 3.84. The molecule has 0 N–H and O–H groups in total. The minimum Gasteiger partial charge on any atom is -0.309 e. The zero-order valence-corrected chi connectivity index (χ0v) is 36.9. The number of hydrogen-bond donors (Lipinski definition) is 0. The van der Waals surface area contributed by atoms with Crippen LogP contribution in [0.5, 0.6) is 0 Å². The number of fused-ring (bicyclic) bond motifs is 6. The molecule has 13 heteroatoms. The number of nitriles is 2. The molecule has 0 saturated heterocycles. The summed E-state index contributed by atoms with van der Waals surface area (Å²) in [5.41, 5.74) is 6.54. The first-order chi connectivity index (χ1) is 32.9. The van der Waals surface area contributed by atoms with Crippen molar-refractivity contribution in [3.05, 3.63) is 180 Å². The van der Waals surface area contributed by atoms with E-state index in [1.807, 2.05) is 131 Å². The predicted octanol–water partition coefficient (Wildman–Crippen LogP) is 12.9. The number of aryl methyl sites for hydroxylation is 4. The smallest absolute Gasteiger partial charge is 0.309 e. The first kappa shape index (κ1) is 41.6. The third-order valence-electron chi connectivity index (χ3n) is 12.3. The Morgan fingerprint density at radius 2 is 0.956 bits per heavy atom. The van der Waals surface area contributed by atoms with Crippen LogP contribution in [0.25, 0.3) is 100 Å². The fraction of sp³-hybridized carbons (Fsp3) is 0.0909. The topological polar surface area (TPSA) is 135 Å². The van der Waals surface area contributed by atoms with Crippen LogP contribution in [0.4, 0.5) is 13.2 Å². The highest BCUT2D eigenvalue weighted by molar-refractivity contribution is 6.13. The number of benzene rings is 7. The van der Waals surface area contributed by atoms with Gasteiger partial charge in [-0.15, -0.1) is 0 Å². The van der Waals surface area contributed by atoms with Crippen molar-refractivity contribution in [2.75, 3.05) is 0 Å². The molecular formula is C55H35F3N10. The Labute approximate surface area is 386 Å².